The van der Waals surface area contributed by atoms with E-state index < -0.39 is 7.82 Å². The number of ether oxygens (including phenoxy) is 1. The number of hydrogen-bond acceptors (Lipinski definition) is 6. The molecular formula is C25H18NNa2O5P. The number of benzene rings is 4. The van der Waals surface area contributed by atoms with Gasteiger partial charge >= 0.3 is 59.1 Å². The third kappa shape index (κ3) is 5.31. The SMILES string of the molecule is CN1c2ccccc2/C(=C(/Oc2ccccc2)OP(=O)([O-])[O-])c2ccc3ccccc3c21.[Na+].[Na+]. The fourth-order valence-corrected chi connectivity index (χ4v) is 4.43. The molecule has 0 spiro atoms. The van der Waals surface area contributed by atoms with E-state index in [1.807, 2.05) is 72.6 Å². The van der Waals surface area contributed by atoms with Gasteiger partial charge in [-0.05, 0) is 23.6 Å². The minimum Gasteiger partial charge on any atom is -0.780 e. The summed E-state index contributed by atoms with van der Waals surface area (Å²) in [7, 11) is -3.46. The quantitative estimate of drug-likeness (QED) is 0.199. The maximum Gasteiger partial charge on any atom is 1.00 e. The van der Waals surface area contributed by atoms with Crippen molar-refractivity contribution in [2.75, 3.05) is 11.9 Å². The molecule has 0 bridgehead atoms. The molecule has 0 saturated carbocycles. The molecule has 34 heavy (non-hydrogen) atoms. The van der Waals surface area contributed by atoms with E-state index in [0.29, 0.717) is 22.4 Å². The van der Waals surface area contributed by atoms with Crippen LogP contribution in [0.3, 0.4) is 0 Å². The van der Waals surface area contributed by atoms with Gasteiger partial charge in [-0.2, -0.15) is 0 Å². The Labute approximate surface area is 242 Å². The molecule has 160 valence electrons. The van der Waals surface area contributed by atoms with Gasteiger partial charge in [0.2, 0.25) is 0 Å². The van der Waals surface area contributed by atoms with Crippen LogP contribution in [-0.2, 0) is 9.09 Å². The van der Waals surface area contributed by atoms with E-state index >= 15 is 0 Å². The number of nitrogens with zero attached hydrogens (tertiary/aromatic N) is 1. The van der Waals surface area contributed by atoms with Crippen molar-refractivity contribution in [2.24, 2.45) is 0 Å². The van der Waals surface area contributed by atoms with Crippen LogP contribution in [0.5, 0.6) is 5.75 Å². The first-order valence-corrected chi connectivity index (χ1v) is 11.4. The van der Waals surface area contributed by atoms with Crippen molar-refractivity contribution in [1.82, 2.24) is 0 Å². The average molecular weight is 489 g/mol. The first kappa shape index (κ1) is 27.0. The molecule has 6 nitrogen and oxygen atoms in total. The van der Waals surface area contributed by atoms with Gasteiger partial charge in [-0.3, -0.25) is 0 Å². The van der Waals surface area contributed by atoms with Crippen molar-refractivity contribution >= 4 is 35.5 Å². The molecule has 1 heterocycles. The van der Waals surface area contributed by atoms with Crippen LogP contribution in [-0.4, -0.2) is 7.05 Å². The third-order valence-electron chi connectivity index (χ3n) is 5.39. The predicted octanol–water partition coefficient (Wildman–Crippen LogP) is -1.43. The molecule has 0 aliphatic carbocycles. The molecule has 0 aromatic heterocycles. The molecule has 0 unspecified atom stereocenters. The number of hydrogen-bond donors (Lipinski definition) is 0. The zero-order valence-electron chi connectivity index (χ0n) is 19.1. The zero-order valence-corrected chi connectivity index (χ0v) is 24.0. The Bertz CT molecular complexity index is 1410. The molecule has 4 aromatic rings. The maximum atomic E-state index is 11.7. The smallest absolute Gasteiger partial charge is 0.780 e. The van der Waals surface area contributed by atoms with E-state index in [2.05, 4.69) is 0 Å². The molecule has 5 rings (SSSR count). The summed E-state index contributed by atoms with van der Waals surface area (Å²) in [5.74, 6) is -0.0242. The van der Waals surface area contributed by atoms with Gasteiger partial charge in [0, 0.05) is 29.2 Å². The van der Waals surface area contributed by atoms with Gasteiger partial charge in [0.15, 0.2) is 0 Å². The summed E-state index contributed by atoms with van der Waals surface area (Å²) in [5.41, 5.74) is 3.48. The van der Waals surface area contributed by atoms with Crippen molar-refractivity contribution in [3.8, 4) is 5.75 Å². The largest absolute Gasteiger partial charge is 1.00 e. The average Bonchev–Trinajstić information content (AvgIpc) is 2.78. The fraction of sp³-hybridized carbons (Fsp3) is 0.0400. The summed E-state index contributed by atoms with van der Waals surface area (Å²) < 4.78 is 22.5. The van der Waals surface area contributed by atoms with Gasteiger partial charge in [0.05, 0.1) is 11.3 Å². The maximum absolute atomic E-state index is 11.7. The van der Waals surface area contributed by atoms with E-state index in [-0.39, 0.29) is 65.1 Å². The first-order chi connectivity index (χ1) is 15.4. The molecule has 4 aromatic carbocycles. The van der Waals surface area contributed by atoms with E-state index in [0.717, 1.165) is 22.1 Å². The fourth-order valence-electron chi connectivity index (χ4n) is 4.09. The van der Waals surface area contributed by atoms with E-state index in [1.165, 1.54) is 0 Å². The molecular weight excluding hydrogens is 471 g/mol. The summed E-state index contributed by atoms with van der Waals surface area (Å²) in [6, 6.07) is 27.9. The van der Waals surface area contributed by atoms with Crippen molar-refractivity contribution in [3.63, 3.8) is 0 Å². The van der Waals surface area contributed by atoms with Gasteiger partial charge in [0.25, 0.3) is 5.95 Å². The molecule has 0 amide bonds. The Morgan fingerprint density at radius 3 is 2.18 bits per heavy atom. The Hall–Kier alpha value is -1.57. The van der Waals surface area contributed by atoms with Crippen LogP contribution in [0.1, 0.15) is 11.1 Å². The minimum absolute atomic E-state index is 0. The van der Waals surface area contributed by atoms with Crippen molar-refractivity contribution < 1.29 is 82.7 Å². The Morgan fingerprint density at radius 2 is 1.44 bits per heavy atom. The van der Waals surface area contributed by atoms with Gasteiger partial charge in [-0.1, -0.05) is 72.8 Å². The zero-order chi connectivity index (χ0) is 22.3. The Balaban J connectivity index is 0.00000162. The van der Waals surface area contributed by atoms with E-state index in [4.69, 9.17) is 9.26 Å². The van der Waals surface area contributed by atoms with Crippen molar-refractivity contribution in [3.05, 3.63) is 108 Å². The standard InChI is InChI=1S/C25H20NO5P.2Na/c1-26-22-14-8-7-13-20(22)23(21-16-15-17-9-5-6-12-19(17)24(21)26)25(31-32(27,28)29)30-18-10-3-2-4-11-18;;/h2-16H,1H3,(H2,27,28,29);;/q;2*+1/p-2/b25-23+;;. The summed E-state index contributed by atoms with van der Waals surface area (Å²) in [4.78, 5) is 25.4. The molecule has 0 radical (unpaired) electrons. The molecule has 0 fully saturated rings. The second-order valence-corrected chi connectivity index (χ2v) is 8.45. The summed E-state index contributed by atoms with van der Waals surface area (Å²) in [6.07, 6.45) is 0. The molecule has 1 aliphatic rings. The van der Waals surface area contributed by atoms with Crippen LogP contribution >= 0.6 is 7.82 Å². The van der Waals surface area contributed by atoms with Gasteiger partial charge in [-0.15, -0.1) is 0 Å². The van der Waals surface area contributed by atoms with Crippen LogP contribution in [0, 0.1) is 0 Å². The van der Waals surface area contributed by atoms with Crippen LogP contribution < -0.4 is 78.5 Å². The van der Waals surface area contributed by atoms with Crippen LogP contribution in [0.15, 0.2) is 96.9 Å². The number of anilines is 2. The minimum atomic E-state index is -5.41. The number of rotatable bonds is 4. The molecule has 0 saturated heterocycles. The number of phosphoric ester groups is 1. The second kappa shape index (κ2) is 11.0. The Kier molecular flexibility index (Phi) is 8.75. The summed E-state index contributed by atoms with van der Waals surface area (Å²) >= 11 is 0. The van der Waals surface area contributed by atoms with Crippen LogP contribution in [0.2, 0.25) is 0 Å². The molecule has 1 aliphatic heterocycles. The summed E-state index contributed by atoms with van der Waals surface area (Å²) in [6.45, 7) is 0. The normalized spacial score (nSPS) is 13.7. The first-order valence-electron chi connectivity index (χ1n) is 9.96. The molecule has 9 heteroatoms. The van der Waals surface area contributed by atoms with Gasteiger partial charge < -0.3 is 28.5 Å². The van der Waals surface area contributed by atoms with E-state index in [9.17, 15) is 14.4 Å². The van der Waals surface area contributed by atoms with Crippen LogP contribution in [0.25, 0.3) is 16.3 Å². The predicted molar refractivity (Wildman–Crippen MR) is 120 cm³/mol. The second-order valence-electron chi connectivity index (χ2n) is 7.38. The number of phosphoric acid groups is 1. The summed E-state index contributed by atoms with van der Waals surface area (Å²) in [5, 5.41) is 2.01. The van der Waals surface area contributed by atoms with Gasteiger partial charge in [-0.25, -0.2) is 0 Å². The number of para-hydroxylation sites is 2. The topological polar surface area (TPSA) is 84.9 Å². The van der Waals surface area contributed by atoms with Gasteiger partial charge in [0.1, 0.15) is 13.6 Å². The molecule has 0 atom stereocenters. The monoisotopic (exact) mass is 489 g/mol. The number of fused-ring (bicyclic) bond motifs is 4. The van der Waals surface area contributed by atoms with E-state index in [1.54, 1.807) is 30.3 Å². The Morgan fingerprint density at radius 1 is 0.794 bits per heavy atom. The van der Waals surface area contributed by atoms with Crippen molar-refractivity contribution in [2.45, 2.75) is 0 Å². The van der Waals surface area contributed by atoms with Crippen molar-refractivity contribution in [1.29, 1.82) is 0 Å². The van der Waals surface area contributed by atoms with Crippen LogP contribution in [0.4, 0.5) is 11.4 Å². The molecule has 0 N–H and O–H groups in total. The third-order valence-corrected chi connectivity index (χ3v) is 5.78.